The van der Waals surface area contributed by atoms with Gasteiger partial charge >= 0.3 is 5.69 Å². The molecule has 1 aromatic rings. The van der Waals surface area contributed by atoms with Crippen molar-refractivity contribution in [3.63, 3.8) is 0 Å². The predicted molar refractivity (Wildman–Crippen MR) is 69.8 cm³/mol. The summed E-state index contributed by atoms with van der Waals surface area (Å²) < 4.78 is 6.66. The Morgan fingerprint density at radius 1 is 1.55 bits per heavy atom. The Kier molecular flexibility index (Phi) is 3.54. The van der Waals surface area contributed by atoms with Gasteiger partial charge in [0.15, 0.2) is 0 Å². The second-order valence-electron chi connectivity index (χ2n) is 5.42. The smallest absolute Gasteiger partial charge is 0.331 e. The first-order chi connectivity index (χ1) is 9.33. The standard InChI is InChI=1S/C13H17N3O4/c1-7(2)10-8(3)11(18)13(6-14,20-10)16-5-4-9(17)15-12(16)19/h4-5,7-8,10-11,18H,1-3H3,(H,15,17,19)/t8-,10-,11-,13-/m1/s1. The minimum Gasteiger partial charge on any atom is -0.386 e. The Morgan fingerprint density at radius 3 is 2.65 bits per heavy atom. The summed E-state index contributed by atoms with van der Waals surface area (Å²) in [6.45, 7) is 5.60. The van der Waals surface area contributed by atoms with E-state index in [9.17, 15) is 20.0 Å². The summed E-state index contributed by atoms with van der Waals surface area (Å²) in [4.78, 5) is 25.1. The average Bonchev–Trinajstić information content (AvgIpc) is 2.64. The number of aliphatic hydroxyl groups excluding tert-OH is 1. The second-order valence-corrected chi connectivity index (χ2v) is 5.42. The molecule has 0 saturated carbocycles. The molecule has 1 aliphatic rings. The van der Waals surface area contributed by atoms with E-state index in [4.69, 9.17) is 4.74 Å². The molecule has 4 atom stereocenters. The number of hydrogen-bond acceptors (Lipinski definition) is 5. The molecule has 0 bridgehead atoms. The largest absolute Gasteiger partial charge is 0.386 e. The summed E-state index contributed by atoms with van der Waals surface area (Å²) in [6.07, 6.45) is -0.352. The number of H-pyrrole nitrogens is 1. The lowest BCUT2D eigenvalue weighted by atomic mass is 9.90. The van der Waals surface area contributed by atoms with Crippen LogP contribution in [0.15, 0.2) is 21.9 Å². The number of nitrogens with zero attached hydrogens (tertiary/aromatic N) is 2. The summed E-state index contributed by atoms with van der Waals surface area (Å²) in [7, 11) is 0. The summed E-state index contributed by atoms with van der Waals surface area (Å²) >= 11 is 0. The van der Waals surface area contributed by atoms with Crippen molar-refractivity contribution in [1.82, 2.24) is 9.55 Å². The first kappa shape index (κ1) is 14.5. The lowest BCUT2D eigenvalue weighted by Crippen LogP contribution is -2.49. The van der Waals surface area contributed by atoms with Crippen LogP contribution in [0.2, 0.25) is 0 Å². The second kappa shape index (κ2) is 4.89. The fourth-order valence-electron chi connectivity index (χ4n) is 2.69. The highest BCUT2D eigenvalue weighted by Crippen LogP contribution is 2.40. The molecule has 0 aliphatic carbocycles. The number of rotatable bonds is 2. The number of nitrogens with one attached hydrogen (secondary N) is 1. The summed E-state index contributed by atoms with van der Waals surface area (Å²) in [5.74, 6) is -0.234. The van der Waals surface area contributed by atoms with E-state index in [0.29, 0.717) is 0 Å². The van der Waals surface area contributed by atoms with Crippen molar-refractivity contribution in [2.45, 2.75) is 38.7 Å². The molecule has 7 heteroatoms. The van der Waals surface area contributed by atoms with Gasteiger partial charge in [-0.1, -0.05) is 20.8 Å². The Hall–Kier alpha value is -1.91. The molecule has 2 N–H and O–H groups in total. The molecule has 1 aromatic heterocycles. The highest BCUT2D eigenvalue weighted by Gasteiger charge is 2.56. The fraction of sp³-hybridized carbons (Fsp3) is 0.615. The Balaban J connectivity index is 2.59. The number of aromatic nitrogens is 2. The molecule has 1 saturated heterocycles. The first-order valence-corrected chi connectivity index (χ1v) is 6.43. The van der Waals surface area contributed by atoms with Crippen molar-refractivity contribution >= 4 is 0 Å². The van der Waals surface area contributed by atoms with Gasteiger partial charge in [0, 0.05) is 18.2 Å². The monoisotopic (exact) mass is 279 g/mol. The van der Waals surface area contributed by atoms with E-state index in [1.54, 1.807) is 6.92 Å². The van der Waals surface area contributed by atoms with Crippen LogP contribution in [0.5, 0.6) is 0 Å². The lowest BCUT2D eigenvalue weighted by molar-refractivity contribution is -0.109. The van der Waals surface area contributed by atoms with Crippen LogP contribution in [-0.4, -0.2) is 26.9 Å². The van der Waals surface area contributed by atoms with Crippen LogP contribution in [0.1, 0.15) is 20.8 Å². The van der Waals surface area contributed by atoms with Gasteiger partial charge in [-0.2, -0.15) is 5.26 Å². The predicted octanol–water partition coefficient (Wildman–Crippen LogP) is -0.235. The maximum atomic E-state index is 11.9. The molecule has 1 fully saturated rings. The molecule has 0 spiro atoms. The van der Waals surface area contributed by atoms with Gasteiger partial charge in [0.1, 0.15) is 12.2 Å². The molecule has 108 valence electrons. The Morgan fingerprint density at radius 2 is 2.20 bits per heavy atom. The molecule has 0 unspecified atom stereocenters. The molecule has 2 heterocycles. The lowest BCUT2D eigenvalue weighted by Gasteiger charge is -2.27. The molecular formula is C13H17N3O4. The van der Waals surface area contributed by atoms with Gasteiger partial charge in [-0.3, -0.25) is 14.3 Å². The Labute approximate surface area is 115 Å². The third kappa shape index (κ3) is 1.97. The van der Waals surface area contributed by atoms with E-state index >= 15 is 0 Å². The van der Waals surface area contributed by atoms with Crippen molar-refractivity contribution in [3.05, 3.63) is 33.1 Å². The number of ether oxygens (including phenoxy) is 1. The van der Waals surface area contributed by atoms with Gasteiger partial charge in [0.25, 0.3) is 11.3 Å². The maximum absolute atomic E-state index is 11.9. The first-order valence-electron chi connectivity index (χ1n) is 6.43. The maximum Gasteiger partial charge on any atom is 0.331 e. The minimum absolute atomic E-state index is 0.0772. The molecular weight excluding hydrogens is 262 g/mol. The van der Waals surface area contributed by atoms with Crippen LogP contribution in [0.3, 0.4) is 0 Å². The van der Waals surface area contributed by atoms with Gasteiger partial charge < -0.3 is 9.84 Å². The molecule has 1 aliphatic heterocycles. The van der Waals surface area contributed by atoms with Crippen LogP contribution in [0.4, 0.5) is 0 Å². The Bertz CT molecular complexity index is 657. The van der Waals surface area contributed by atoms with Crippen LogP contribution in [-0.2, 0) is 10.5 Å². The number of aromatic amines is 1. The van der Waals surface area contributed by atoms with Crippen molar-refractivity contribution in [3.8, 4) is 6.07 Å². The minimum atomic E-state index is -1.81. The van der Waals surface area contributed by atoms with Gasteiger partial charge in [0.05, 0.1) is 6.10 Å². The van der Waals surface area contributed by atoms with E-state index in [0.717, 1.165) is 10.6 Å². The highest BCUT2D eigenvalue weighted by molar-refractivity contribution is 5.11. The SMILES string of the molecule is CC(C)[C@H]1O[C@@](C#N)(n2ccc(=O)[nH]c2=O)[C@H](O)[C@@H]1C. The summed E-state index contributed by atoms with van der Waals surface area (Å²) in [6, 6.07) is 3.00. The van der Waals surface area contributed by atoms with Crippen LogP contribution < -0.4 is 11.2 Å². The van der Waals surface area contributed by atoms with Crippen LogP contribution in [0.25, 0.3) is 0 Å². The van der Waals surface area contributed by atoms with Crippen molar-refractivity contribution < 1.29 is 9.84 Å². The van der Waals surface area contributed by atoms with E-state index < -0.39 is 23.1 Å². The fourth-order valence-corrected chi connectivity index (χ4v) is 2.69. The van der Waals surface area contributed by atoms with Crippen molar-refractivity contribution in [1.29, 1.82) is 5.26 Å². The number of hydrogen-bond donors (Lipinski definition) is 2. The third-order valence-electron chi connectivity index (χ3n) is 3.73. The van der Waals surface area contributed by atoms with E-state index in [1.165, 1.54) is 6.20 Å². The quantitative estimate of drug-likeness (QED) is 0.777. The number of nitriles is 1. The third-order valence-corrected chi connectivity index (χ3v) is 3.73. The zero-order valence-corrected chi connectivity index (χ0v) is 11.5. The van der Waals surface area contributed by atoms with Gasteiger partial charge in [-0.25, -0.2) is 4.79 Å². The molecule has 20 heavy (non-hydrogen) atoms. The molecule has 0 amide bonds. The van der Waals surface area contributed by atoms with Crippen LogP contribution in [0, 0.1) is 23.2 Å². The molecule has 0 aromatic carbocycles. The van der Waals surface area contributed by atoms with E-state index in [1.807, 2.05) is 19.9 Å². The molecule has 7 nitrogen and oxygen atoms in total. The number of aliphatic hydroxyl groups is 1. The van der Waals surface area contributed by atoms with Crippen molar-refractivity contribution in [2.75, 3.05) is 0 Å². The molecule has 0 radical (unpaired) electrons. The van der Waals surface area contributed by atoms with Crippen LogP contribution >= 0.6 is 0 Å². The van der Waals surface area contributed by atoms with Gasteiger partial charge in [-0.05, 0) is 5.92 Å². The molecule has 2 rings (SSSR count). The summed E-state index contributed by atoms with van der Waals surface area (Å²) in [5.41, 5.74) is -3.16. The normalized spacial score (nSPS) is 33.3. The van der Waals surface area contributed by atoms with Crippen molar-refractivity contribution in [2.24, 2.45) is 11.8 Å². The zero-order chi connectivity index (χ0) is 15.1. The van der Waals surface area contributed by atoms with Gasteiger partial charge in [0.2, 0.25) is 0 Å². The summed E-state index contributed by atoms with van der Waals surface area (Å²) in [5, 5.41) is 19.8. The van der Waals surface area contributed by atoms with Gasteiger partial charge in [-0.15, -0.1) is 0 Å². The zero-order valence-electron chi connectivity index (χ0n) is 11.5. The van der Waals surface area contributed by atoms with E-state index in [2.05, 4.69) is 4.98 Å². The average molecular weight is 279 g/mol. The highest BCUT2D eigenvalue weighted by atomic mass is 16.6. The topological polar surface area (TPSA) is 108 Å². The van der Waals surface area contributed by atoms with E-state index in [-0.39, 0.29) is 17.9 Å².